The normalized spacial score (nSPS) is 20.0. The molecule has 0 aromatic carbocycles. The van der Waals surface area contributed by atoms with Crippen LogP contribution >= 0.6 is 0 Å². The molecule has 27 heavy (non-hydrogen) atoms. The van der Waals surface area contributed by atoms with Crippen LogP contribution in [0.4, 0.5) is 0 Å². The van der Waals surface area contributed by atoms with Crippen molar-refractivity contribution >= 4 is 11.7 Å². The van der Waals surface area contributed by atoms with Gasteiger partial charge in [0.2, 0.25) is 5.91 Å². The Morgan fingerprint density at radius 1 is 1.26 bits per heavy atom. The van der Waals surface area contributed by atoms with Gasteiger partial charge in [-0.1, -0.05) is 13.3 Å². The molecule has 150 valence electrons. The lowest BCUT2D eigenvalue weighted by Gasteiger charge is -2.32. The van der Waals surface area contributed by atoms with E-state index in [0.29, 0.717) is 25.4 Å². The lowest BCUT2D eigenvalue weighted by atomic mass is 9.91. The van der Waals surface area contributed by atoms with Crippen LogP contribution in [0.5, 0.6) is 0 Å². The number of methoxy groups -OCH3 is 1. The van der Waals surface area contributed by atoms with E-state index in [-0.39, 0.29) is 11.7 Å². The number of amides is 1. The third-order valence-corrected chi connectivity index (χ3v) is 6.19. The zero-order chi connectivity index (χ0) is 19.4. The van der Waals surface area contributed by atoms with Crippen molar-refractivity contribution in [1.82, 2.24) is 9.47 Å². The van der Waals surface area contributed by atoms with Crippen LogP contribution in [0.25, 0.3) is 0 Å². The summed E-state index contributed by atoms with van der Waals surface area (Å²) in [6.07, 6.45) is 7.26. The number of carbonyl (C=O) groups excluding carboxylic acids is 2. The second-order valence-corrected chi connectivity index (χ2v) is 8.15. The standard InChI is InChI=1S/C22H34N2O3/c1-4-5-12-24-16(2)18(22-19(24)9-6-10-20(22)25)13-21(26)23-11-7-8-17(14-23)15-27-3/h17H,4-15H2,1-3H3. The first-order valence-electron chi connectivity index (χ1n) is 10.6. The summed E-state index contributed by atoms with van der Waals surface area (Å²) in [7, 11) is 1.72. The first kappa shape index (κ1) is 20.1. The van der Waals surface area contributed by atoms with Gasteiger partial charge in [0.05, 0.1) is 13.0 Å². The smallest absolute Gasteiger partial charge is 0.227 e. The SMILES string of the molecule is CCCCn1c(C)c(CC(=O)N2CCCC(COC)C2)c2c1CCCC2=O. The van der Waals surface area contributed by atoms with E-state index in [9.17, 15) is 9.59 Å². The number of likely N-dealkylation sites (tertiary alicyclic amines) is 1. The molecule has 0 N–H and O–H groups in total. The van der Waals surface area contributed by atoms with Crippen molar-refractivity contribution in [2.24, 2.45) is 5.92 Å². The lowest BCUT2D eigenvalue weighted by molar-refractivity contribution is -0.132. The third kappa shape index (κ3) is 4.29. The van der Waals surface area contributed by atoms with Gasteiger partial charge in [-0.25, -0.2) is 0 Å². The second-order valence-electron chi connectivity index (χ2n) is 8.15. The lowest BCUT2D eigenvalue weighted by Crippen LogP contribution is -2.42. The van der Waals surface area contributed by atoms with Crippen LogP contribution in [0.15, 0.2) is 0 Å². The molecule has 1 saturated heterocycles. The van der Waals surface area contributed by atoms with Gasteiger partial charge in [-0.05, 0) is 50.5 Å². The highest BCUT2D eigenvalue weighted by atomic mass is 16.5. The van der Waals surface area contributed by atoms with E-state index in [0.717, 1.165) is 75.0 Å². The summed E-state index contributed by atoms with van der Waals surface area (Å²) in [6.45, 7) is 7.54. The number of fused-ring (bicyclic) bond motifs is 1. The van der Waals surface area contributed by atoms with Gasteiger partial charge in [-0.3, -0.25) is 9.59 Å². The van der Waals surface area contributed by atoms with E-state index in [1.807, 2.05) is 4.90 Å². The van der Waals surface area contributed by atoms with Gasteiger partial charge in [0.15, 0.2) is 5.78 Å². The predicted octanol–water partition coefficient (Wildman–Crippen LogP) is 3.54. The summed E-state index contributed by atoms with van der Waals surface area (Å²) in [4.78, 5) is 27.7. The average Bonchev–Trinajstić information content (AvgIpc) is 2.93. The molecule has 0 radical (unpaired) electrons. The zero-order valence-electron chi connectivity index (χ0n) is 17.2. The number of piperidine rings is 1. The zero-order valence-corrected chi connectivity index (χ0v) is 17.2. The van der Waals surface area contributed by atoms with Crippen LogP contribution in [0, 0.1) is 12.8 Å². The number of rotatable bonds is 7. The Morgan fingerprint density at radius 2 is 2.07 bits per heavy atom. The van der Waals surface area contributed by atoms with Gasteiger partial charge in [0.25, 0.3) is 0 Å². The van der Waals surface area contributed by atoms with Gasteiger partial charge in [0.1, 0.15) is 0 Å². The van der Waals surface area contributed by atoms with Gasteiger partial charge in [-0.15, -0.1) is 0 Å². The molecule has 5 heteroatoms. The topological polar surface area (TPSA) is 51.5 Å². The average molecular weight is 375 g/mol. The minimum Gasteiger partial charge on any atom is -0.384 e. The van der Waals surface area contributed by atoms with Crippen molar-refractivity contribution in [3.8, 4) is 0 Å². The Morgan fingerprint density at radius 3 is 2.81 bits per heavy atom. The number of hydrogen-bond acceptors (Lipinski definition) is 3. The second kappa shape index (κ2) is 9.05. The Hall–Kier alpha value is -1.62. The molecule has 1 atom stereocenters. The molecule has 2 aliphatic rings. The number of hydrogen-bond donors (Lipinski definition) is 0. The van der Waals surface area contributed by atoms with Crippen molar-refractivity contribution in [3.63, 3.8) is 0 Å². The first-order valence-corrected chi connectivity index (χ1v) is 10.6. The Balaban J connectivity index is 1.82. The summed E-state index contributed by atoms with van der Waals surface area (Å²) in [5, 5.41) is 0. The molecule has 0 bridgehead atoms. The van der Waals surface area contributed by atoms with E-state index >= 15 is 0 Å². The molecular formula is C22H34N2O3. The number of unbranched alkanes of at least 4 members (excludes halogenated alkanes) is 1. The summed E-state index contributed by atoms with van der Waals surface area (Å²) < 4.78 is 7.61. The molecule has 3 rings (SSSR count). The van der Waals surface area contributed by atoms with Crippen molar-refractivity contribution < 1.29 is 14.3 Å². The minimum absolute atomic E-state index is 0.160. The number of aromatic nitrogens is 1. The molecule has 1 unspecified atom stereocenters. The van der Waals surface area contributed by atoms with Crippen LogP contribution in [0.2, 0.25) is 0 Å². The molecule has 1 amide bonds. The Bertz CT molecular complexity index is 690. The van der Waals surface area contributed by atoms with Crippen molar-refractivity contribution in [2.45, 2.75) is 71.8 Å². The number of Topliss-reactive ketones (excluding diaryl/α,β-unsaturated/α-hetero) is 1. The van der Waals surface area contributed by atoms with Crippen LogP contribution in [-0.2, 0) is 28.9 Å². The summed E-state index contributed by atoms with van der Waals surface area (Å²) in [5.74, 6) is 0.819. The Labute approximate surface area is 163 Å². The number of carbonyl (C=O) groups is 2. The molecule has 1 aliphatic heterocycles. The third-order valence-electron chi connectivity index (χ3n) is 6.19. The van der Waals surface area contributed by atoms with Crippen LogP contribution < -0.4 is 0 Å². The maximum atomic E-state index is 13.0. The highest BCUT2D eigenvalue weighted by Gasteiger charge is 2.31. The maximum Gasteiger partial charge on any atom is 0.227 e. The number of nitrogens with zero attached hydrogens (tertiary/aromatic N) is 2. The molecule has 1 aromatic rings. The first-order chi connectivity index (χ1) is 13.1. The van der Waals surface area contributed by atoms with Crippen LogP contribution in [0.3, 0.4) is 0 Å². The Kier molecular flexibility index (Phi) is 6.74. The fourth-order valence-electron chi connectivity index (χ4n) is 4.75. The van der Waals surface area contributed by atoms with E-state index < -0.39 is 0 Å². The largest absolute Gasteiger partial charge is 0.384 e. The van der Waals surface area contributed by atoms with Gasteiger partial charge in [0, 0.05) is 50.1 Å². The molecular weight excluding hydrogens is 340 g/mol. The maximum absolute atomic E-state index is 13.0. The van der Waals surface area contributed by atoms with Gasteiger partial charge >= 0.3 is 0 Å². The van der Waals surface area contributed by atoms with E-state index in [1.165, 1.54) is 5.69 Å². The van der Waals surface area contributed by atoms with Crippen molar-refractivity contribution in [3.05, 3.63) is 22.5 Å². The molecule has 1 fully saturated rings. The monoisotopic (exact) mass is 374 g/mol. The fraction of sp³-hybridized carbons (Fsp3) is 0.727. The molecule has 1 aliphatic carbocycles. The highest BCUT2D eigenvalue weighted by molar-refractivity contribution is 6.01. The molecule has 5 nitrogen and oxygen atoms in total. The molecule has 2 heterocycles. The highest BCUT2D eigenvalue weighted by Crippen LogP contribution is 2.31. The predicted molar refractivity (Wildman–Crippen MR) is 106 cm³/mol. The van der Waals surface area contributed by atoms with Crippen LogP contribution in [0.1, 0.15) is 72.8 Å². The quantitative estimate of drug-likeness (QED) is 0.733. The summed E-state index contributed by atoms with van der Waals surface area (Å²) in [5.41, 5.74) is 4.16. The fourth-order valence-corrected chi connectivity index (χ4v) is 4.75. The van der Waals surface area contributed by atoms with Crippen LogP contribution in [-0.4, -0.2) is 48.0 Å². The van der Waals surface area contributed by atoms with E-state index in [4.69, 9.17) is 4.74 Å². The summed E-state index contributed by atoms with van der Waals surface area (Å²) >= 11 is 0. The van der Waals surface area contributed by atoms with Crippen molar-refractivity contribution in [1.29, 1.82) is 0 Å². The molecule has 1 aromatic heterocycles. The minimum atomic E-state index is 0.160. The number of ether oxygens (including phenoxy) is 1. The molecule has 0 spiro atoms. The van der Waals surface area contributed by atoms with E-state index in [2.05, 4.69) is 18.4 Å². The number of ketones is 1. The van der Waals surface area contributed by atoms with Gasteiger partial charge < -0.3 is 14.2 Å². The molecule has 0 saturated carbocycles. The van der Waals surface area contributed by atoms with Gasteiger partial charge in [-0.2, -0.15) is 0 Å². The summed E-state index contributed by atoms with van der Waals surface area (Å²) in [6, 6.07) is 0. The van der Waals surface area contributed by atoms with E-state index in [1.54, 1.807) is 7.11 Å². The van der Waals surface area contributed by atoms with Crippen molar-refractivity contribution in [2.75, 3.05) is 26.8 Å².